The summed E-state index contributed by atoms with van der Waals surface area (Å²) in [4.78, 5) is 29.6. The van der Waals surface area contributed by atoms with Crippen LogP contribution in [0.5, 0.6) is 0 Å². The van der Waals surface area contributed by atoms with Crippen molar-refractivity contribution in [1.29, 1.82) is 0 Å². The fraction of sp³-hybridized carbons (Fsp3) is 0.553. The molecule has 0 saturated heterocycles. The smallest absolute Gasteiger partial charge is 1.00 e. The Hall–Kier alpha value is -3.22. The van der Waals surface area contributed by atoms with Crippen molar-refractivity contribution in [2.24, 2.45) is 24.1 Å². The molecule has 0 aliphatic heterocycles. The third-order valence-corrected chi connectivity index (χ3v) is 21.0. The number of aliphatic hydroxyl groups excluding tert-OH is 1. The minimum Gasteiger partial charge on any atom is -1.00 e. The van der Waals surface area contributed by atoms with Gasteiger partial charge in [-0.2, -0.15) is 0 Å². The van der Waals surface area contributed by atoms with Crippen LogP contribution in [0.2, 0.25) is 36.3 Å². The maximum absolute atomic E-state index is 11.9. The molecule has 3 radical (unpaired) electrons. The maximum Gasteiger partial charge on any atom is 1.00 e. The van der Waals surface area contributed by atoms with E-state index in [9.17, 15) is 19.3 Å². The van der Waals surface area contributed by atoms with E-state index in [4.69, 9.17) is 23.6 Å². The van der Waals surface area contributed by atoms with Crippen molar-refractivity contribution in [3.63, 3.8) is 0 Å². The van der Waals surface area contributed by atoms with Crippen LogP contribution in [0.1, 0.15) is 107 Å². The molecular weight excluding hydrogens is 872 g/mol. The van der Waals surface area contributed by atoms with E-state index < -0.39 is 28.6 Å². The van der Waals surface area contributed by atoms with Crippen molar-refractivity contribution < 1.29 is 63.9 Å². The number of esters is 1. The molecular formula is C47H77B3N6NaO7Si2. The quantitative estimate of drug-likeness (QED) is 0.0669. The minimum atomic E-state index is -1.91. The van der Waals surface area contributed by atoms with E-state index in [0.29, 0.717) is 27.1 Å². The second kappa shape index (κ2) is 28.3. The zero-order valence-electron chi connectivity index (χ0n) is 42.2. The molecule has 0 spiro atoms. The van der Waals surface area contributed by atoms with Crippen LogP contribution in [-0.4, -0.2) is 108 Å². The first-order chi connectivity index (χ1) is 28.9. The summed E-state index contributed by atoms with van der Waals surface area (Å²) in [6.07, 6.45) is 7.04. The number of imidazole rings is 2. The van der Waals surface area contributed by atoms with Gasteiger partial charge in [0.2, 0.25) is 0 Å². The number of aryl methyl sites for hydroxylation is 2. The van der Waals surface area contributed by atoms with Crippen LogP contribution in [0, 0.1) is 0 Å². The molecule has 0 amide bonds. The van der Waals surface area contributed by atoms with E-state index in [0.717, 1.165) is 51.4 Å². The van der Waals surface area contributed by atoms with Gasteiger partial charge in [0.15, 0.2) is 16.6 Å². The van der Waals surface area contributed by atoms with E-state index in [-0.39, 0.29) is 89.2 Å². The molecule has 13 nitrogen and oxygen atoms in total. The Morgan fingerprint density at radius 2 is 1.11 bits per heavy atom. The first-order valence-corrected chi connectivity index (χ1v) is 26.9. The molecule has 4 atom stereocenters. The van der Waals surface area contributed by atoms with Crippen molar-refractivity contribution in [3.05, 3.63) is 83.7 Å². The predicted molar refractivity (Wildman–Crippen MR) is 275 cm³/mol. The van der Waals surface area contributed by atoms with Crippen LogP contribution in [-0.2, 0) is 54.7 Å². The number of aliphatic imine (C=N–C) groups is 2. The summed E-state index contributed by atoms with van der Waals surface area (Å²) in [6.45, 7) is 26.4. The van der Waals surface area contributed by atoms with E-state index in [1.54, 1.807) is 0 Å². The number of aromatic nitrogens is 4. The van der Waals surface area contributed by atoms with Gasteiger partial charge in [-0.3, -0.25) is 0 Å². The Morgan fingerprint density at radius 1 is 0.742 bits per heavy atom. The molecule has 1 N–H and O–H groups in total. The number of hydrogen-bond acceptors (Lipinski definition) is 11. The number of nitrogens with zero attached hydrogens (tertiary/aromatic N) is 6. The molecule has 0 aliphatic carbocycles. The summed E-state index contributed by atoms with van der Waals surface area (Å²) in [7, 11) is 2.67. The number of methoxy groups -OCH3 is 1. The number of carbonyl (C=O) groups is 1. The van der Waals surface area contributed by atoms with Gasteiger partial charge in [0.25, 0.3) is 0 Å². The van der Waals surface area contributed by atoms with E-state index in [1.807, 2.05) is 84.2 Å². The van der Waals surface area contributed by atoms with Gasteiger partial charge in [-0.25, -0.2) is 0 Å². The van der Waals surface area contributed by atoms with Crippen LogP contribution < -0.4 is 29.6 Å². The second-order valence-electron chi connectivity index (χ2n) is 18.8. The number of benzene rings is 2. The molecule has 4 rings (SSSR count). The summed E-state index contributed by atoms with van der Waals surface area (Å²) in [5, 5.41) is 9.69. The molecule has 2 aromatic heterocycles. The minimum absolute atomic E-state index is 0. The molecule has 0 aliphatic rings. The Kier molecular flexibility index (Phi) is 27.8. The molecule has 66 heavy (non-hydrogen) atoms. The fourth-order valence-electron chi connectivity index (χ4n) is 6.25. The van der Waals surface area contributed by atoms with Crippen LogP contribution in [0.4, 0.5) is 0 Å². The molecule has 355 valence electrons. The fourth-order valence-corrected chi connectivity index (χ4v) is 8.94. The van der Waals surface area contributed by atoms with E-state index >= 15 is 0 Å². The molecule has 0 saturated carbocycles. The average Bonchev–Trinajstić information content (AvgIpc) is 3.79. The van der Waals surface area contributed by atoms with Gasteiger partial charge in [-0.05, 0) is 50.1 Å². The standard InChI is InChI=1S/C23H34BN3O4Si.C22H34BN3O3Si.2CH4.B.Na.H/c1-16(31-32(7,8)23(2,3)4)21-26-20(14-27(21)5)18-11-9-17(10-12-18)13-19(22(28)30-6)25-15-24-29;1-16(29-30(6,7)22(2,3)4)21-25-20(13-26(21)5)18-10-8-17(9-11-18)12-19(14-27)24-15-23-28;;;;;/h9-12,14-16,19H,13H2,1-8H3;8-11,13,15-16,19,27H,12,14H2,1-7H3;2*1H4;;;/q;;;;;+1;-1. The summed E-state index contributed by atoms with van der Waals surface area (Å²) >= 11 is 0. The third-order valence-electron chi connectivity index (χ3n) is 11.9. The van der Waals surface area contributed by atoms with Crippen LogP contribution in [0.25, 0.3) is 22.5 Å². The number of aliphatic hydroxyl groups is 1. The topological polar surface area (TPSA) is 159 Å². The molecule has 0 fully saturated rings. The van der Waals surface area contributed by atoms with Gasteiger partial charge in [0, 0.05) is 8.41 Å². The Labute approximate surface area is 425 Å². The molecule has 2 aromatic carbocycles. The molecule has 4 aromatic rings. The molecule has 19 heteroatoms. The van der Waals surface area contributed by atoms with Crippen LogP contribution >= 0.6 is 0 Å². The zero-order chi connectivity index (χ0) is 46.6. The first-order valence-electron chi connectivity index (χ1n) is 21.1. The monoisotopic (exact) mass is 950 g/mol. The second-order valence-corrected chi connectivity index (χ2v) is 28.3. The largest absolute Gasteiger partial charge is 1.00 e. The predicted octanol–water partition coefficient (Wildman–Crippen LogP) is 6.49. The Bertz CT molecular complexity index is 2160. The normalized spacial score (nSPS) is 13.6. The summed E-state index contributed by atoms with van der Waals surface area (Å²) < 4.78 is 42.9. The van der Waals surface area contributed by atoms with Gasteiger partial charge in [-0.15, -0.1) is 0 Å². The van der Waals surface area contributed by atoms with Gasteiger partial charge < -0.3 is 10.3 Å². The zero-order valence-corrected chi connectivity index (χ0v) is 45.2. The number of carbonyl (C=O) groups excluding carboxylic acids is 1. The van der Waals surface area contributed by atoms with Crippen molar-refractivity contribution in [1.82, 2.24) is 19.1 Å². The van der Waals surface area contributed by atoms with Crippen molar-refractivity contribution in [2.45, 2.75) is 144 Å². The number of rotatable bonds is 18. The van der Waals surface area contributed by atoms with Crippen molar-refractivity contribution in [2.75, 3.05) is 13.7 Å². The van der Waals surface area contributed by atoms with Crippen molar-refractivity contribution >= 4 is 57.5 Å². The Balaban J connectivity index is -0.00000114. The van der Waals surface area contributed by atoms with Gasteiger partial charge >= 0.3 is 286 Å². The van der Waals surface area contributed by atoms with Gasteiger partial charge in [0.1, 0.15) is 0 Å². The molecule has 0 bridgehead atoms. The van der Waals surface area contributed by atoms with Crippen molar-refractivity contribution in [3.8, 4) is 22.5 Å². The number of ether oxygens (including phenoxy) is 1. The van der Waals surface area contributed by atoms with Gasteiger partial charge in [-0.1, -0.05) is 56.4 Å². The van der Waals surface area contributed by atoms with E-state index in [2.05, 4.69) is 91.6 Å². The molecule has 2 heterocycles. The van der Waals surface area contributed by atoms with Gasteiger partial charge in [0.05, 0.1) is 0 Å². The average molecular weight is 950 g/mol. The van der Waals surface area contributed by atoms with Crippen LogP contribution in [0.3, 0.4) is 0 Å². The number of hydrogen-bond donors (Lipinski definition) is 1. The van der Waals surface area contributed by atoms with Crippen LogP contribution in [0.15, 0.2) is 70.9 Å². The Morgan fingerprint density at radius 3 is 1.44 bits per heavy atom. The first kappa shape index (κ1) is 64.9. The maximum atomic E-state index is 11.9. The summed E-state index contributed by atoms with van der Waals surface area (Å²) in [5.41, 5.74) is 5.73. The summed E-state index contributed by atoms with van der Waals surface area (Å²) in [6, 6.07) is 14.8. The third kappa shape index (κ3) is 18.4. The van der Waals surface area contributed by atoms with E-state index in [1.165, 1.54) is 13.2 Å². The summed E-state index contributed by atoms with van der Waals surface area (Å²) in [5.74, 6) is 1.34. The SMILES string of the molecule is C.C.CC(O[Si](C)(C)C(C)(C)C)c1nc(-c2ccc(CC(CO)N=CB=O)cc2)cn1C.COC(=O)C(Cc1ccc(-c2cn(C)c(C(C)O[Si](C)(C)C(C)(C)C)n2)cc1)N=CB=O.[B].[H-].[Na+]. The molecule has 4 unspecified atom stereocenters.